The highest BCUT2D eigenvalue weighted by molar-refractivity contribution is 5.76. The molecule has 0 aromatic rings. The first-order valence-electron chi connectivity index (χ1n) is 8.11. The molecule has 1 atom stereocenters. The highest BCUT2D eigenvalue weighted by Crippen LogP contribution is 2.06. The molecule has 1 unspecified atom stereocenters. The predicted molar refractivity (Wildman–Crippen MR) is 81.1 cm³/mol. The summed E-state index contributed by atoms with van der Waals surface area (Å²) in [5.41, 5.74) is 0. The Morgan fingerprint density at radius 3 is 2.05 bits per heavy atom. The standard InChI is InChI=1S/C16H30O5/c1-4-6-8-9-10-11-13-19-15(17)14(3)21-16(18)20-12-7-5-2/h14H,4-13H2,1-3H3. The summed E-state index contributed by atoms with van der Waals surface area (Å²) < 4.78 is 14.7. The quantitative estimate of drug-likeness (QED) is 0.399. The molecule has 0 saturated carbocycles. The second kappa shape index (κ2) is 13.7. The van der Waals surface area contributed by atoms with Crippen molar-refractivity contribution in [3.8, 4) is 0 Å². The van der Waals surface area contributed by atoms with Crippen LogP contribution < -0.4 is 0 Å². The molecule has 0 saturated heterocycles. The van der Waals surface area contributed by atoms with E-state index in [1.165, 1.54) is 32.6 Å². The lowest BCUT2D eigenvalue weighted by Crippen LogP contribution is -2.27. The Balaban J connectivity index is 3.58. The van der Waals surface area contributed by atoms with E-state index in [4.69, 9.17) is 14.2 Å². The fourth-order valence-corrected chi connectivity index (χ4v) is 1.70. The SMILES string of the molecule is CCCCCCCCOC(=O)C(C)OC(=O)OCCCC. The van der Waals surface area contributed by atoms with Gasteiger partial charge in [-0.2, -0.15) is 0 Å². The van der Waals surface area contributed by atoms with Gasteiger partial charge in [-0.05, 0) is 19.8 Å². The van der Waals surface area contributed by atoms with E-state index in [2.05, 4.69) is 6.92 Å². The molecule has 0 radical (unpaired) electrons. The van der Waals surface area contributed by atoms with Crippen molar-refractivity contribution in [1.29, 1.82) is 0 Å². The third-order valence-corrected chi connectivity index (χ3v) is 3.06. The van der Waals surface area contributed by atoms with Crippen LogP contribution in [0.3, 0.4) is 0 Å². The van der Waals surface area contributed by atoms with Crippen LogP contribution in [0, 0.1) is 0 Å². The van der Waals surface area contributed by atoms with Gasteiger partial charge >= 0.3 is 12.1 Å². The maximum atomic E-state index is 11.6. The van der Waals surface area contributed by atoms with E-state index < -0.39 is 18.2 Å². The molecule has 0 N–H and O–H groups in total. The molecule has 124 valence electrons. The summed E-state index contributed by atoms with van der Waals surface area (Å²) in [6.45, 7) is 6.36. The van der Waals surface area contributed by atoms with Crippen LogP contribution in [0.5, 0.6) is 0 Å². The van der Waals surface area contributed by atoms with Crippen molar-refractivity contribution < 1.29 is 23.8 Å². The van der Waals surface area contributed by atoms with E-state index in [-0.39, 0.29) is 0 Å². The van der Waals surface area contributed by atoms with E-state index in [0.717, 1.165) is 25.7 Å². The van der Waals surface area contributed by atoms with Gasteiger partial charge < -0.3 is 14.2 Å². The average Bonchev–Trinajstić information content (AvgIpc) is 2.46. The number of carbonyl (C=O) groups excluding carboxylic acids is 2. The fourth-order valence-electron chi connectivity index (χ4n) is 1.70. The minimum atomic E-state index is -0.917. The van der Waals surface area contributed by atoms with Gasteiger partial charge in [-0.1, -0.05) is 52.4 Å². The van der Waals surface area contributed by atoms with Crippen LogP contribution in [0.15, 0.2) is 0 Å². The van der Waals surface area contributed by atoms with Gasteiger partial charge in [-0.25, -0.2) is 9.59 Å². The van der Waals surface area contributed by atoms with Gasteiger partial charge in [0.15, 0.2) is 6.10 Å². The number of unbranched alkanes of at least 4 members (excludes halogenated alkanes) is 6. The molecule has 0 heterocycles. The zero-order valence-corrected chi connectivity index (χ0v) is 13.7. The summed E-state index contributed by atoms with van der Waals surface area (Å²) in [5.74, 6) is -0.518. The molecule has 5 heteroatoms. The van der Waals surface area contributed by atoms with Crippen molar-refractivity contribution in [3.05, 3.63) is 0 Å². The second-order valence-electron chi connectivity index (χ2n) is 5.15. The van der Waals surface area contributed by atoms with Gasteiger partial charge in [0.2, 0.25) is 0 Å². The first kappa shape index (κ1) is 19.7. The molecular weight excluding hydrogens is 272 g/mol. The second-order valence-corrected chi connectivity index (χ2v) is 5.15. The van der Waals surface area contributed by atoms with Gasteiger partial charge in [-0.3, -0.25) is 0 Å². The van der Waals surface area contributed by atoms with Crippen LogP contribution in [0.25, 0.3) is 0 Å². The Bertz CT molecular complexity index is 278. The normalized spacial score (nSPS) is 11.8. The third kappa shape index (κ3) is 12.2. The highest BCUT2D eigenvalue weighted by atomic mass is 16.7. The summed E-state index contributed by atoms with van der Waals surface area (Å²) in [5, 5.41) is 0. The van der Waals surface area contributed by atoms with Crippen LogP contribution >= 0.6 is 0 Å². The lowest BCUT2D eigenvalue weighted by Gasteiger charge is -2.12. The molecule has 0 rings (SSSR count). The van der Waals surface area contributed by atoms with Crippen LogP contribution in [0.4, 0.5) is 4.79 Å². The topological polar surface area (TPSA) is 61.8 Å². The van der Waals surface area contributed by atoms with Gasteiger partial charge in [0.05, 0.1) is 13.2 Å². The Labute approximate surface area is 128 Å². The zero-order valence-electron chi connectivity index (χ0n) is 13.7. The molecule has 0 aliphatic carbocycles. The first-order valence-corrected chi connectivity index (χ1v) is 8.11. The molecule has 0 fully saturated rings. The molecule has 21 heavy (non-hydrogen) atoms. The average molecular weight is 302 g/mol. The van der Waals surface area contributed by atoms with E-state index in [1.54, 1.807) is 0 Å². The summed E-state index contributed by atoms with van der Waals surface area (Å²) >= 11 is 0. The molecule has 5 nitrogen and oxygen atoms in total. The van der Waals surface area contributed by atoms with Crippen molar-refractivity contribution in [3.63, 3.8) is 0 Å². The van der Waals surface area contributed by atoms with E-state index >= 15 is 0 Å². The lowest BCUT2D eigenvalue weighted by atomic mass is 10.1. The van der Waals surface area contributed by atoms with Crippen molar-refractivity contribution in [2.24, 2.45) is 0 Å². The maximum absolute atomic E-state index is 11.6. The van der Waals surface area contributed by atoms with Gasteiger partial charge in [0, 0.05) is 0 Å². The zero-order chi connectivity index (χ0) is 15.9. The molecule has 0 spiro atoms. The van der Waals surface area contributed by atoms with Gasteiger partial charge in [-0.15, -0.1) is 0 Å². The minimum absolute atomic E-state index is 0.314. The fraction of sp³-hybridized carbons (Fsp3) is 0.875. The Morgan fingerprint density at radius 1 is 0.810 bits per heavy atom. The number of ether oxygens (including phenoxy) is 3. The maximum Gasteiger partial charge on any atom is 0.509 e. The molecule has 0 aromatic carbocycles. The van der Waals surface area contributed by atoms with Crippen LogP contribution in [0.2, 0.25) is 0 Å². The van der Waals surface area contributed by atoms with Gasteiger partial charge in [0.1, 0.15) is 0 Å². The van der Waals surface area contributed by atoms with Gasteiger partial charge in [0.25, 0.3) is 0 Å². The minimum Gasteiger partial charge on any atom is -0.463 e. The van der Waals surface area contributed by atoms with Crippen molar-refractivity contribution in [2.45, 2.75) is 78.2 Å². The molecule has 0 bridgehead atoms. The van der Waals surface area contributed by atoms with Crippen molar-refractivity contribution in [1.82, 2.24) is 0 Å². The largest absolute Gasteiger partial charge is 0.509 e. The molecule has 0 aromatic heterocycles. The summed E-state index contributed by atoms with van der Waals surface area (Å²) in [6, 6.07) is 0. The smallest absolute Gasteiger partial charge is 0.463 e. The number of esters is 1. The Kier molecular flexibility index (Phi) is 12.9. The number of rotatable bonds is 12. The molecule has 0 aliphatic heterocycles. The summed E-state index contributed by atoms with van der Waals surface area (Å²) in [7, 11) is 0. The number of carbonyl (C=O) groups is 2. The van der Waals surface area contributed by atoms with Crippen LogP contribution in [-0.2, 0) is 19.0 Å². The molecule has 0 aliphatic rings. The monoisotopic (exact) mass is 302 g/mol. The Morgan fingerprint density at radius 2 is 1.38 bits per heavy atom. The van der Waals surface area contributed by atoms with Crippen LogP contribution in [-0.4, -0.2) is 31.4 Å². The van der Waals surface area contributed by atoms with Crippen molar-refractivity contribution >= 4 is 12.1 Å². The van der Waals surface area contributed by atoms with E-state index in [0.29, 0.717) is 13.2 Å². The predicted octanol–water partition coefficient (Wildman–Crippen LogP) is 4.23. The van der Waals surface area contributed by atoms with E-state index in [1.807, 2.05) is 6.92 Å². The number of hydrogen-bond acceptors (Lipinski definition) is 5. The summed E-state index contributed by atoms with van der Waals surface area (Å²) in [4.78, 5) is 22.8. The Hall–Kier alpha value is -1.26. The first-order chi connectivity index (χ1) is 10.1. The van der Waals surface area contributed by atoms with E-state index in [9.17, 15) is 9.59 Å². The summed E-state index contributed by atoms with van der Waals surface area (Å²) in [6.07, 6.45) is 6.77. The molecule has 0 amide bonds. The highest BCUT2D eigenvalue weighted by Gasteiger charge is 2.19. The van der Waals surface area contributed by atoms with Crippen molar-refractivity contribution in [2.75, 3.05) is 13.2 Å². The third-order valence-electron chi connectivity index (χ3n) is 3.06. The number of hydrogen-bond donors (Lipinski definition) is 0. The van der Waals surface area contributed by atoms with Crippen LogP contribution in [0.1, 0.15) is 72.1 Å². The lowest BCUT2D eigenvalue weighted by molar-refractivity contribution is -0.154. The molecular formula is C16H30O5.